The lowest BCUT2D eigenvalue weighted by Crippen LogP contribution is -2.32. The van der Waals surface area contributed by atoms with E-state index >= 15 is 0 Å². The molecule has 1 aromatic heterocycles. The predicted octanol–water partition coefficient (Wildman–Crippen LogP) is 3.45. The number of ether oxygens (including phenoxy) is 1. The Morgan fingerprint density at radius 3 is 2.80 bits per heavy atom. The third kappa shape index (κ3) is 6.40. The number of carbonyl (C=O) groups is 2. The van der Waals surface area contributed by atoms with Gasteiger partial charge in [-0.05, 0) is 30.0 Å². The van der Waals surface area contributed by atoms with Crippen LogP contribution in [0.5, 0.6) is 5.75 Å². The number of hydrogen-bond donors (Lipinski definition) is 1. The van der Waals surface area contributed by atoms with Crippen molar-refractivity contribution in [1.29, 1.82) is 0 Å². The van der Waals surface area contributed by atoms with Crippen LogP contribution < -0.4 is 10.1 Å². The van der Waals surface area contributed by atoms with Crippen LogP contribution in [0.1, 0.15) is 23.2 Å². The number of hydrogen-bond acceptors (Lipinski definition) is 4. The first-order chi connectivity index (χ1) is 12.1. The van der Waals surface area contributed by atoms with Gasteiger partial charge in [0.2, 0.25) is 5.91 Å². The topological polar surface area (TPSA) is 58.6 Å². The third-order valence-corrected chi connectivity index (χ3v) is 4.58. The molecule has 0 aliphatic carbocycles. The summed E-state index contributed by atoms with van der Waals surface area (Å²) in [5.74, 6) is 0.531. The van der Waals surface area contributed by atoms with Crippen LogP contribution in [0.25, 0.3) is 0 Å². The van der Waals surface area contributed by atoms with Crippen LogP contribution >= 0.6 is 22.9 Å². The smallest absolute Gasteiger partial charge is 0.252 e. The lowest BCUT2D eigenvalue weighted by molar-refractivity contribution is -0.130. The normalized spacial score (nSPS) is 10.3. The number of rotatable bonds is 9. The first-order valence-corrected chi connectivity index (χ1v) is 9.31. The van der Waals surface area contributed by atoms with Crippen molar-refractivity contribution in [1.82, 2.24) is 10.2 Å². The van der Waals surface area contributed by atoms with E-state index in [2.05, 4.69) is 5.32 Å². The molecule has 1 heterocycles. The van der Waals surface area contributed by atoms with E-state index < -0.39 is 0 Å². The molecule has 0 spiro atoms. The van der Waals surface area contributed by atoms with Crippen LogP contribution in [-0.2, 0) is 4.79 Å². The molecule has 25 heavy (non-hydrogen) atoms. The molecule has 5 nitrogen and oxygen atoms in total. The maximum atomic E-state index is 12.1. The molecule has 0 aliphatic heterocycles. The molecule has 0 radical (unpaired) electrons. The van der Waals surface area contributed by atoms with Crippen molar-refractivity contribution < 1.29 is 14.3 Å². The highest BCUT2D eigenvalue weighted by Crippen LogP contribution is 2.22. The van der Waals surface area contributed by atoms with E-state index in [0.29, 0.717) is 48.9 Å². The Kier molecular flexibility index (Phi) is 7.76. The fourth-order valence-electron chi connectivity index (χ4n) is 2.11. The highest BCUT2D eigenvalue weighted by atomic mass is 35.5. The van der Waals surface area contributed by atoms with Crippen LogP contribution in [0, 0.1) is 0 Å². The average Bonchev–Trinajstić information content (AvgIpc) is 3.14. The molecule has 0 fully saturated rings. The molecule has 2 amide bonds. The summed E-state index contributed by atoms with van der Waals surface area (Å²) >= 11 is 7.49. The van der Waals surface area contributed by atoms with E-state index in [0.717, 1.165) is 0 Å². The number of nitrogens with zero attached hydrogens (tertiary/aromatic N) is 1. The van der Waals surface area contributed by atoms with Gasteiger partial charge in [-0.2, -0.15) is 11.3 Å². The molecular formula is C18H21ClN2O3S. The highest BCUT2D eigenvalue weighted by molar-refractivity contribution is 7.08. The van der Waals surface area contributed by atoms with Gasteiger partial charge in [0, 0.05) is 31.0 Å². The Morgan fingerprint density at radius 2 is 2.08 bits per heavy atom. The minimum Gasteiger partial charge on any atom is -0.490 e. The molecule has 134 valence electrons. The van der Waals surface area contributed by atoms with E-state index in [1.807, 2.05) is 17.5 Å². The lowest BCUT2D eigenvalue weighted by Gasteiger charge is -2.18. The standard InChI is InChI=1S/C18H21ClN2O3S/c1-21(10-11-24-16-6-3-2-5-15(16)19)17(22)7-4-9-20-18(23)14-8-12-25-13-14/h2-3,5-6,8,12-13H,4,7,9-11H2,1H3,(H,20,23). The zero-order valence-corrected chi connectivity index (χ0v) is 15.6. The second kappa shape index (κ2) is 10.1. The van der Waals surface area contributed by atoms with Gasteiger partial charge in [-0.15, -0.1) is 0 Å². The summed E-state index contributed by atoms with van der Waals surface area (Å²) in [6.45, 7) is 1.33. The summed E-state index contributed by atoms with van der Waals surface area (Å²) in [7, 11) is 1.74. The van der Waals surface area contributed by atoms with Crippen LogP contribution in [0.4, 0.5) is 0 Å². The molecular weight excluding hydrogens is 360 g/mol. The number of carbonyl (C=O) groups excluding carboxylic acids is 2. The van der Waals surface area contributed by atoms with Crippen molar-refractivity contribution in [3.05, 3.63) is 51.7 Å². The molecule has 0 unspecified atom stereocenters. The Morgan fingerprint density at radius 1 is 1.28 bits per heavy atom. The summed E-state index contributed by atoms with van der Waals surface area (Å²) in [5.41, 5.74) is 0.658. The van der Waals surface area contributed by atoms with Gasteiger partial charge in [0.15, 0.2) is 0 Å². The van der Waals surface area contributed by atoms with Crippen molar-refractivity contribution in [3.8, 4) is 5.75 Å². The Labute approximate surface area is 156 Å². The Hall–Kier alpha value is -2.05. The SMILES string of the molecule is CN(CCOc1ccccc1Cl)C(=O)CCCNC(=O)c1ccsc1. The second-order valence-corrected chi connectivity index (χ2v) is 6.65. The summed E-state index contributed by atoms with van der Waals surface area (Å²) in [5, 5.41) is 7.02. The number of nitrogens with one attached hydrogen (secondary N) is 1. The molecule has 7 heteroatoms. The van der Waals surface area contributed by atoms with Gasteiger partial charge in [0.25, 0.3) is 5.91 Å². The molecule has 1 aromatic carbocycles. The quantitative estimate of drug-likeness (QED) is 0.678. The fourth-order valence-corrected chi connectivity index (χ4v) is 2.93. The monoisotopic (exact) mass is 380 g/mol. The van der Waals surface area contributed by atoms with Crippen LogP contribution in [0.3, 0.4) is 0 Å². The summed E-state index contributed by atoms with van der Waals surface area (Å²) in [6, 6.07) is 9.01. The third-order valence-electron chi connectivity index (χ3n) is 3.58. The number of benzene rings is 1. The van der Waals surface area contributed by atoms with Crippen LogP contribution in [0.15, 0.2) is 41.1 Å². The van der Waals surface area contributed by atoms with E-state index in [1.54, 1.807) is 35.5 Å². The fraction of sp³-hybridized carbons (Fsp3) is 0.333. The summed E-state index contributed by atoms with van der Waals surface area (Å²) < 4.78 is 5.57. The second-order valence-electron chi connectivity index (χ2n) is 5.47. The van der Waals surface area contributed by atoms with Crippen LogP contribution in [-0.4, -0.2) is 43.5 Å². The number of likely N-dealkylation sites (N-methyl/N-ethyl adjacent to an activating group) is 1. The molecule has 0 bridgehead atoms. The largest absolute Gasteiger partial charge is 0.490 e. The van der Waals surface area contributed by atoms with E-state index in [1.165, 1.54) is 11.3 Å². The van der Waals surface area contributed by atoms with Crippen molar-refractivity contribution in [2.24, 2.45) is 0 Å². The Balaban J connectivity index is 1.60. The molecule has 2 aromatic rings. The first kappa shape index (κ1) is 19.3. The van der Waals surface area contributed by atoms with Crippen molar-refractivity contribution in [3.63, 3.8) is 0 Å². The van der Waals surface area contributed by atoms with Crippen molar-refractivity contribution in [2.45, 2.75) is 12.8 Å². The zero-order chi connectivity index (χ0) is 18.1. The number of thiophene rings is 1. The van der Waals surface area contributed by atoms with Crippen molar-refractivity contribution >= 4 is 34.8 Å². The van der Waals surface area contributed by atoms with Gasteiger partial charge >= 0.3 is 0 Å². The minimum atomic E-state index is -0.102. The summed E-state index contributed by atoms with van der Waals surface area (Å²) in [6.07, 6.45) is 0.983. The van der Waals surface area contributed by atoms with E-state index in [9.17, 15) is 9.59 Å². The number of para-hydroxylation sites is 1. The average molecular weight is 381 g/mol. The molecule has 0 aliphatic rings. The number of halogens is 1. The minimum absolute atomic E-state index is 0.0209. The van der Waals surface area contributed by atoms with Gasteiger partial charge in [-0.1, -0.05) is 23.7 Å². The van der Waals surface area contributed by atoms with Gasteiger partial charge in [-0.3, -0.25) is 9.59 Å². The molecule has 0 atom stereocenters. The van der Waals surface area contributed by atoms with Gasteiger partial charge in [0.05, 0.1) is 11.6 Å². The molecule has 0 saturated carbocycles. The van der Waals surface area contributed by atoms with E-state index in [-0.39, 0.29) is 11.8 Å². The van der Waals surface area contributed by atoms with E-state index in [4.69, 9.17) is 16.3 Å². The van der Waals surface area contributed by atoms with Crippen LogP contribution in [0.2, 0.25) is 5.02 Å². The highest BCUT2D eigenvalue weighted by Gasteiger charge is 2.10. The van der Waals surface area contributed by atoms with Crippen molar-refractivity contribution in [2.75, 3.05) is 26.7 Å². The zero-order valence-electron chi connectivity index (χ0n) is 14.0. The first-order valence-electron chi connectivity index (χ1n) is 7.99. The maximum Gasteiger partial charge on any atom is 0.252 e. The molecule has 0 saturated heterocycles. The summed E-state index contributed by atoms with van der Waals surface area (Å²) in [4.78, 5) is 25.4. The lowest BCUT2D eigenvalue weighted by atomic mass is 10.2. The van der Waals surface area contributed by atoms with Gasteiger partial charge in [0.1, 0.15) is 12.4 Å². The van der Waals surface area contributed by atoms with Gasteiger partial charge in [-0.25, -0.2) is 0 Å². The Bertz CT molecular complexity index is 691. The number of amides is 2. The maximum absolute atomic E-state index is 12.1. The predicted molar refractivity (Wildman–Crippen MR) is 100 cm³/mol. The molecule has 1 N–H and O–H groups in total. The van der Waals surface area contributed by atoms with Gasteiger partial charge < -0.3 is 15.0 Å². The molecule has 2 rings (SSSR count).